The van der Waals surface area contributed by atoms with Crippen LogP contribution >= 0.6 is 0 Å². The Morgan fingerprint density at radius 3 is 2.00 bits per heavy atom. The van der Waals surface area contributed by atoms with Gasteiger partial charge in [0.05, 0.1) is 0 Å². The second-order valence-electron chi connectivity index (χ2n) is 3.00. The van der Waals surface area contributed by atoms with E-state index in [1.807, 2.05) is 13.8 Å². The molecule has 0 aromatic carbocycles. The Morgan fingerprint density at radius 1 is 1.20 bits per heavy atom. The second-order valence-corrected chi connectivity index (χ2v) is 3.00. The van der Waals surface area contributed by atoms with E-state index in [2.05, 4.69) is 10.6 Å². The van der Waals surface area contributed by atoms with Crippen LogP contribution in [-0.4, -0.2) is 18.1 Å². The molecule has 1 saturated heterocycles. The van der Waals surface area contributed by atoms with Gasteiger partial charge < -0.3 is 10.6 Å². The quantitative estimate of drug-likeness (QED) is 0.517. The highest BCUT2D eigenvalue weighted by Crippen LogP contribution is 2.04. The molecule has 2 atom stereocenters. The molecule has 2 amide bonds. The molecule has 1 heterocycles. The molecule has 0 radical (unpaired) electrons. The van der Waals surface area contributed by atoms with Crippen LogP contribution in [0.5, 0.6) is 0 Å². The van der Waals surface area contributed by atoms with Crippen LogP contribution in [0.15, 0.2) is 0 Å². The minimum Gasteiger partial charge on any atom is -0.336 e. The summed E-state index contributed by atoms with van der Waals surface area (Å²) in [6.45, 7) is 4.05. The summed E-state index contributed by atoms with van der Waals surface area (Å²) in [6.07, 6.45) is 2.14. The summed E-state index contributed by atoms with van der Waals surface area (Å²) in [4.78, 5) is 10.9. The molecule has 0 aromatic heterocycles. The van der Waals surface area contributed by atoms with E-state index in [-0.39, 0.29) is 6.03 Å². The number of amides is 2. The summed E-state index contributed by atoms with van der Waals surface area (Å²) < 4.78 is 0. The van der Waals surface area contributed by atoms with Gasteiger partial charge in [0.2, 0.25) is 0 Å². The number of carbonyl (C=O) groups excluding carboxylic acids is 1. The van der Waals surface area contributed by atoms with Crippen molar-refractivity contribution in [3.8, 4) is 0 Å². The maximum absolute atomic E-state index is 10.9. The van der Waals surface area contributed by atoms with Crippen molar-refractivity contribution in [2.75, 3.05) is 0 Å². The lowest BCUT2D eigenvalue weighted by molar-refractivity contribution is 0.238. The minimum absolute atomic E-state index is 0.0301. The average molecular weight is 142 g/mol. The molecular formula is C7H14N2O. The van der Waals surface area contributed by atoms with E-state index >= 15 is 0 Å². The van der Waals surface area contributed by atoms with Gasteiger partial charge in [0.15, 0.2) is 0 Å². The first-order valence-corrected chi connectivity index (χ1v) is 3.75. The second kappa shape index (κ2) is 2.90. The van der Waals surface area contributed by atoms with Crippen molar-refractivity contribution in [1.82, 2.24) is 10.6 Å². The van der Waals surface area contributed by atoms with E-state index in [0.717, 1.165) is 12.8 Å². The number of urea groups is 1. The molecule has 0 aromatic rings. The molecule has 3 heteroatoms. The van der Waals surface area contributed by atoms with Crippen molar-refractivity contribution in [1.29, 1.82) is 0 Å². The van der Waals surface area contributed by atoms with Crippen LogP contribution in [0.2, 0.25) is 0 Å². The lowest BCUT2D eigenvalue weighted by atomic mass is 10.1. The Kier molecular flexibility index (Phi) is 2.14. The van der Waals surface area contributed by atoms with Crippen LogP contribution in [-0.2, 0) is 0 Å². The molecule has 0 aliphatic carbocycles. The Morgan fingerprint density at radius 2 is 1.60 bits per heavy atom. The summed E-state index contributed by atoms with van der Waals surface area (Å²) in [5.41, 5.74) is 0. The maximum atomic E-state index is 10.9. The third-order valence-corrected chi connectivity index (χ3v) is 1.79. The summed E-state index contributed by atoms with van der Waals surface area (Å²) >= 11 is 0. The SMILES string of the molecule is CC1CC[C@H](C)NC(=O)N1. The molecule has 1 unspecified atom stereocenters. The average Bonchev–Trinajstić information content (AvgIpc) is 1.93. The monoisotopic (exact) mass is 142 g/mol. The molecule has 10 heavy (non-hydrogen) atoms. The molecule has 0 spiro atoms. The first-order chi connectivity index (χ1) is 4.68. The van der Waals surface area contributed by atoms with E-state index in [1.54, 1.807) is 0 Å². The summed E-state index contributed by atoms with van der Waals surface area (Å²) in [7, 11) is 0. The molecule has 0 saturated carbocycles. The molecule has 58 valence electrons. The smallest absolute Gasteiger partial charge is 0.315 e. The van der Waals surface area contributed by atoms with Crippen LogP contribution in [0.25, 0.3) is 0 Å². The molecule has 1 aliphatic rings. The zero-order valence-corrected chi connectivity index (χ0v) is 6.48. The molecule has 1 fully saturated rings. The molecule has 0 bridgehead atoms. The van der Waals surface area contributed by atoms with Gasteiger partial charge in [-0.3, -0.25) is 0 Å². The fourth-order valence-electron chi connectivity index (χ4n) is 1.13. The van der Waals surface area contributed by atoms with Crippen molar-refractivity contribution in [3.05, 3.63) is 0 Å². The van der Waals surface area contributed by atoms with Gasteiger partial charge in [-0.2, -0.15) is 0 Å². The van der Waals surface area contributed by atoms with Crippen LogP contribution in [0, 0.1) is 0 Å². The van der Waals surface area contributed by atoms with Gasteiger partial charge >= 0.3 is 6.03 Å². The summed E-state index contributed by atoms with van der Waals surface area (Å²) in [6, 6.07) is 0.618. The zero-order chi connectivity index (χ0) is 7.56. The van der Waals surface area contributed by atoms with E-state index in [1.165, 1.54) is 0 Å². The van der Waals surface area contributed by atoms with Gasteiger partial charge in [0.1, 0.15) is 0 Å². The van der Waals surface area contributed by atoms with Crippen molar-refractivity contribution in [2.45, 2.75) is 38.8 Å². The molecule has 1 rings (SSSR count). The van der Waals surface area contributed by atoms with Crippen LogP contribution in [0.4, 0.5) is 4.79 Å². The van der Waals surface area contributed by atoms with Crippen LogP contribution in [0.1, 0.15) is 26.7 Å². The third kappa shape index (κ3) is 1.90. The standard InChI is InChI=1S/C7H14N2O/c1-5-3-4-6(2)9-7(10)8-5/h5-6H,3-4H2,1-2H3,(H2,8,9,10)/t5-,6?/m0/s1. The number of nitrogens with one attached hydrogen (secondary N) is 2. The van der Waals surface area contributed by atoms with Crippen LogP contribution < -0.4 is 10.6 Å². The third-order valence-electron chi connectivity index (χ3n) is 1.79. The largest absolute Gasteiger partial charge is 0.336 e. The Balaban J connectivity index is 2.46. The van der Waals surface area contributed by atoms with Gasteiger partial charge in [0, 0.05) is 12.1 Å². The van der Waals surface area contributed by atoms with Crippen molar-refractivity contribution in [3.63, 3.8) is 0 Å². The van der Waals surface area contributed by atoms with E-state index < -0.39 is 0 Å². The highest BCUT2D eigenvalue weighted by atomic mass is 16.2. The number of hydrogen-bond acceptors (Lipinski definition) is 1. The van der Waals surface area contributed by atoms with Gasteiger partial charge in [-0.25, -0.2) is 4.79 Å². The maximum Gasteiger partial charge on any atom is 0.315 e. The highest BCUT2D eigenvalue weighted by molar-refractivity contribution is 5.74. The number of rotatable bonds is 0. The first kappa shape index (κ1) is 7.38. The normalized spacial score (nSPS) is 34.0. The molecule has 2 N–H and O–H groups in total. The molecular weight excluding hydrogens is 128 g/mol. The van der Waals surface area contributed by atoms with Gasteiger partial charge in [-0.1, -0.05) is 0 Å². The zero-order valence-electron chi connectivity index (χ0n) is 6.48. The Labute approximate surface area is 61.2 Å². The molecule has 3 nitrogen and oxygen atoms in total. The van der Waals surface area contributed by atoms with E-state index in [9.17, 15) is 4.79 Å². The predicted molar refractivity (Wildman–Crippen MR) is 39.8 cm³/mol. The van der Waals surface area contributed by atoms with E-state index in [4.69, 9.17) is 0 Å². The molecule has 1 aliphatic heterocycles. The minimum atomic E-state index is -0.0301. The van der Waals surface area contributed by atoms with Gasteiger partial charge in [0.25, 0.3) is 0 Å². The Bertz CT molecular complexity index is 122. The Hall–Kier alpha value is -0.730. The van der Waals surface area contributed by atoms with Crippen molar-refractivity contribution < 1.29 is 4.79 Å². The first-order valence-electron chi connectivity index (χ1n) is 3.75. The topological polar surface area (TPSA) is 41.1 Å². The lowest BCUT2D eigenvalue weighted by Gasteiger charge is -2.07. The van der Waals surface area contributed by atoms with Gasteiger partial charge in [-0.15, -0.1) is 0 Å². The van der Waals surface area contributed by atoms with Crippen molar-refractivity contribution >= 4 is 6.03 Å². The summed E-state index contributed by atoms with van der Waals surface area (Å²) in [5, 5.41) is 5.64. The fourth-order valence-corrected chi connectivity index (χ4v) is 1.13. The fraction of sp³-hybridized carbons (Fsp3) is 0.857. The number of carbonyl (C=O) groups is 1. The van der Waals surface area contributed by atoms with Crippen LogP contribution in [0.3, 0.4) is 0 Å². The van der Waals surface area contributed by atoms with Crippen molar-refractivity contribution in [2.24, 2.45) is 0 Å². The lowest BCUT2D eigenvalue weighted by Crippen LogP contribution is -2.40. The number of hydrogen-bond donors (Lipinski definition) is 2. The highest BCUT2D eigenvalue weighted by Gasteiger charge is 2.15. The van der Waals surface area contributed by atoms with E-state index in [0.29, 0.717) is 12.1 Å². The predicted octanol–water partition coefficient (Wildman–Crippen LogP) is 0.856. The van der Waals surface area contributed by atoms with Gasteiger partial charge in [-0.05, 0) is 26.7 Å². The summed E-state index contributed by atoms with van der Waals surface area (Å²) in [5.74, 6) is 0.